The van der Waals surface area contributed by atoms with Crippen molar-refractivity contribution in [2.75, 3.05) is 13.1 Å². The van der Waals surface area contributed by atoms with Gasteiger partial charge in [0.25, 0.3) is 0 Å². The highest BCUT2D eigenvalue weighted by Crippen LogP contribution is 2.21. The molecule has 2 heterocycles. The zero-order valence-electron chi connectivity index (χ0n) is 12.7. The van der Waals surface area contributed by atoms with Gasteiger partial charge in [-0.25, -0.2) is 9.78 Å². The summed E-state index contributed by atoms with van der Waals surface area (Å²) in [7, 11) is 0. The first-order valence-corrected chi connectivity index (χ1v) is 6.76. The molecule has 0 unspecified atom stereocenters. The van der Waals surface area contributed by atoms with Gasteiger partial charge in [-0.05, 0) is 26.3 Å². The van der Waals surface area contributed by atoms with E-state index in [2.05, 4.69) is 9.97 Å². The second kappa shape index (κ2) is 5.63. The molecule has 0 fully saturated rings. The fourth-order valence-corrected chi connectivity index (χ4v) is 1.90. The predicted octanol–water partition coefficient (Wildman–Crippen LogP) is 2.31. The first kappa shape index (κ1) is 15.2. The molecule has 0 aromatic carbocycles. The maximum atomic E-state index is 12.0. The van der Waals surface area contributed by atoms with Gasteiger partial charge in [-0.3, -0.25) is 9.78 Å². The number of aromatic nitrogens is 2. The molecule has 0 atom stereocenters. The Bertz CT molecular complexity index is 602. The van der Waals surface area contributed by atoms with Gasteiger partial charge in [0.15, 0.2) is 5.78 Å². The monoisotopic (exact) mass is 289 g/mol. The molecule has 0 saturated carbocycles. The summed E-state index contributed by atoms with van der Waals surface area (Å²) in [5.74, 6) is -0.132. The molecule has 0 spiro atoms. The van der Waals surface area contributed by atoms with Crippen LogP contribution in [0.15, 0.2) is 18.5 Å². The lowest BCUT2D eigenvalue weighted by Crippen LogP contribution is -2.35. The van der Waals surface area contributed by atoms with E-state index < -0.39 is 5.60 Å². The van der Waals surface area contributed by atoms with Gasteiger partial charge in [-0.15, -0.1) is 0 Å². The highest BCUT2D eigenvalue weighted by atomic mass is 16.6. The van der Waals surface area contributed by atoms with Crippen molar-refractivity contribution < 1.29 is 14.3 Å². The van der Waals surface area contributed by atoms with Gasteiger partial charge in [0.1, 0.15) is 11.3 Å². The zero-order valence-corrected chi connectivity index (χ0v) is 12.7. The summed E-state index contributed by atoms with van der Waals surface area (Å²) < 4.78 is 5.33. The predicted molar refractivity (Wildman–Crippen MR) is 77.8 cm³/mol. The first-order valence-electron chi connectivity index (χ1n) is 6.76. The summed E-state index contributed by atoms with van der Waals surface area (Å²) in [6, 6.07) is 0. The molecule has 1 aliphatic rings. The number of amides is 1. The highest BCUT2D eigenvalue weighted by molar-refractivity contribution is 5.92. The van der Waals surface area contributed by atoms with Crippen LogP contribution >= 0.6 is 0 Å². The van der Waals surface area contributed by atoms with Crippen molar-refractivity contribution in [1.82, 2.24) is 14.9 Å². The minimum Gasteiger partial charge on any atom is -0.444 e. The van der Waals surface area contributed by atoms with Crippen LogP contribution < -0.4 is 0 Å². The number of hydrogen-bond acceptors (Lipinski definition) is 5. The number of Topliss-reactive ketones (excluding diaryl/α,β-unsaturated/α-hetero) is 1. The molecule has 0 radical (unpaired) electrons. The Morgan fingerprint density at radius 3 is 2.62 bits per heavy atom. The van der Waals surface area contributed by atoms with Crippen LogP contribution in [0.4, 0.5) is 4.79 Å². The minimum atomic E-state index is -0.520. The third-order valence-corrected chi connectivity index (χ3v) is 2.90. The Morgan fingerprint density at radius 2 is 2.00 bits per heavy atom. The number of nitrogens with zero attached hydrogens (tertiary/aromatic N) is 3. The Labute approximate surface area is 123 Å². The molecule has 0 saturated heterocycles. The third kappa shape index (κ3) is 3.87. The fraction of sp³-hybridized carbons (Fsp3) is 0.467. The van der Waals surface area contributed by atoms with Gasteiger partial charge < -0.3 is 9.64 Å². The molecule has 112 valence electrons. The Balaban J connectivity index is 2.07. The van der Waals surface area contributed by atoms with Gasteiger partial charge >= 0.3 is 6.09 Å². The maximum Gasteiger partial charge on any atom is 0.410 e. The maximum absolute atomic E-state index is 12.0. The van der Waals surface area contributed by atoms with Crippen molar-refractivity contribution in [2.24, 2.45) is 0 Å². The largest absolute Gasteiger partial charge is 0.444 e. The summed E-state index contributed by atoms with van der Waals surface area (Å²) in [6.07, 6.45) is 4.58. The third-order valence-electron chi connectivity index (χ3n) is 2.90. The molecule has 21 heavy (non-hydrogen) atoms. The zero-order chi connectivity index (χ0) is 15.6. The van der Waals surface area contributed by atoms with E-state index in [0.717, 1.165) is 5.57 Å². The van der Waals surface area contributed by atoms with Crippen molar-refractivity contribution in [3.63, 3.8) is 0 Å². The minimum absolute atomic E-state index is 0.132. The summed E-state index contributed by atoms with van der Waals surface area (Å²) in [4.78, 5) is 33.2. The van der Waals surface area contributed by atoms with Crippen LogP contribution in [0.2, 0.25) is 0 Å². The van der Waals surface area contributed by atoms with E-state index in [-0.39, 0.29) is 11.9 Å². The van der Waals surface area contributed by atoms with E-state index >= 15 is 0 Å². The van der Waals surface area contributed by atoms with Crippen LogP contribution in [0, 0.1) is 0 Å². The van der Waals surface area contributed by atoms with Crippen LogP contribution in [0.1, 0.15) is 43.9 Å². The van der Waals surface area contributed by atoms with Gasteiger partial charge in [0.05, 0.1) is 24.6 Å². The van der Waals surface area contributed by atoms with Crippen LogP contribution in [-0.4, -0.2) is 45.4 Å². The average molecular weight is 289 g/mol. The molecule has 1 aliphatic heterocycles. The number of carbonyl (C=O) groups is 2. The van der Waals surface area contributed by atoms with E-state index in [0.29, 0.717) is 24.5 Å². The second-order valence-electron chi connectivity index (χ2n) is 5.94. The van der Waals surface area contributed by atoms with Crippen molar-refractivity contribution in [2.45, 2.75) is 33.3 Å². The standard InChI is InChI=1S/C15H19N3O3/c1-10(19)12-7-16-8-13(17-12)11-5-6-18(9-11)14(20)21-15(2,3)4/h5,7-8H,6,9H2,1-4H3. The molecule has 1 aromatic rings. The fourth-order valence-electron chi connectivity index (χ4n) is 1.90. The highest BCUT2D eigenvalue weighted by Gasteiger charge is 2.26. The average Bonchev–Trinajstić information content (AvgIpc) is 2.86. The lowest BCUT2D eigenvalue weighted by molar-refractivity contribution is 0.0306. The SMILES string of the molecule is CC(=O)c1cncc(C2=CCN(C(=O)OC(C)(C)C)C2)n1. The van der Waals surface area contributed by atoms with Crippen LogP contribution in [0.5, 0.6) is 0 Å². The molecule has 6 heteroatoms. The molecular formula is C15H19N3O3. The quantitative estimate of drug-likeness (QED) is 0.781. The molecular weight excluding hydrogens is 270 g/mol. The van der Waals surface area contributed by atoms with E-state index in [9.17, 15) is 9.59 Å². The summed E-state index contributed by atoms with van der Waals surface area (Å²) >= 11 is 0. The van der Waals surface area contributed by atoms with E-state index in [4.69, 9.17) is 4.74 Å². The number of ether oxygens (including phenoxy) is 1. The Morgan fingerprint density at radius 1 is 1.29 bits per heavy atom. The van der Waals surface area contributed by atoms with Gasteiger partial charge in [0, 0.05) is 13.5 Å². The second-order valence-corrected chi connectivity index (χ2v) is 5.94. The van der Waals surface area contributed by atoms with Crippen molar-refractivity contribution in [3.05, 3.63) is 29.9 Å². The lowest BCUT2D eigenvalue weighted by Gasteiger charge is -2.24. The Hall–Kier alpha value is -2.24. The number of ketones is 1. The molecule has 0 N–H and O–H groups in total. The van der Waals surface area contributed by atoms with Crippen LogP contribution in [0.3, 0.4) is 0 Å². The van der Waals surface area contributed by atoms with Gasteiger partial charge in [-0.2, -0.15) is 0 Å². The van der Waals surface area contributed by atoms with Gasteiger partial charge in [0.2, 0.25) is 0 Å². The Kier molecular flexibility index (Phi) is 4.06. The van der Waals surface area contributed by atoms with Crippen LogP contribution in [0.25, 0.3) is 5.57 Å². The summed E-state index contributed by atoms with van der Waals surface area (Å²) in [5.41, 5.74) is 1.29. The van der Waals surface area contributed by atoms with E-state index in [1.54, 1.807) is 11.1 Å². The number of rotatable bonds is 2. The number of carbonyl (C=O) groups excluding carboxylic acids is 2. The van der Waals surface area contributed by atoms with Crippen molar-refractivity contribution in [1.29, 1.82) is 0 Å². The normalized spacial score (nSPS) is 14.9. The molecule has 0 bridgehead atoms. The smallest absolute Gasteiger partial charge is 0.410 e. The summed E-state index contributed by atoms with van der Waals surface area (Å²) in [5, 5.41) is 0. The molecule has 0 aliphatic carbocycles. The van der Waals surface area contributed by atoms with Crippen LogP contribution in [-0.2, 0) is 4.74 Å². The molecule has 1 aromatic heterocycles. The van der Waals surface area contributed by atoms with Gasteiger partial charge in [-0.1, -0.05) is 6.08 Å². The molecule has 6 nitrogen and oxygen atoms in total. The van der Waals surface area contributed by atoms with E-state index in [1.165, 1.54) is 13.1 Å². The lowest BCUT2D eigenvalue weighted by atomic mass is 10.2. The first-order chi connectivity index (χ1) is 9.76. The summed E-state index contributed by atoms with van der Waals surface area (Å²) in [6.45, 7) is 7.82. The topological polar surface area (TPSA) is 72.4 Å². The van der Waals surface area contributed by atoms with E-state index in [1.807, 2.05) is 26.8 Å². The van der Waals surface area contributed by atoms with Crippen molar-refractivity contribution in [3.8, 4) is 0 Å². The molecule has 1 amide bonds. The number of hydrogen-bond donors (Lipinski definition) is 0. The molecule has 2 rings (SSSR count). The van der Waals surface area contributed by atoms with Crippen molar-refractivity contribution >= 4 is 17.4 Å².